The van der Waals surface area contributed by atoms with Crippen molar-refractivity contribution in [1.82, 2.24) is 4.90 Å². The second-order valence-electron chi connectivity index (χ2n) is 7.46. The molecule has 0 aromatic heterocycles. The molecule has 3 amide bonds. The summed E-state index contributed by atoms with van der Waals surface area (Å²) >= 11 is 0. The monoisotopic (exact) mass is 376 g/mol. The zero-order valence-corrected chi connectivity index (χ0v) is 15.2. The molecular formula is C20H22F2N2O3. The number of carbonyl (C=O) groups excluding carboxylic acids is 3. The van der Waals surface area contributed by atoms with Gasteiger partial charge in [0.15, 0.2) is 0 Å². The molecule has 0 spiro atoms. The highest BCUT2D eigenvalue weighted by atomic mass is 19.1. The lowest BCUT2D eigenvalue weighted by Gasteiger charge is -2.27. The van der Waals surface area contributed by atoms with Gasteiger partial charge in [0.25, 0.3) is 0 Å². The second kappa shape index (κ2) is 7.58. The third-order valence-electron chi connectivity index (χ3n) is 5.04. The Kier molecular flexibility index (Phi) is 5.39. The number of halogens is 2. The molecule has 1 saturated heterocycles. The molecule has 1 fully saturated rings. The molecule has 3 rings (SSSR count). The van der Waals surface area contributed by atoms with Crippen LogP contribution in [-0.2, 0) is 14.4 Å². The summed E-state index contributed by atoms with van der Waals surface area (Å²) < 4.78 is 27.3. The summed E-state index contributed by atoms with van der Waals surface area (Å²) in [5.41, 5.74) is -0.313. The molecular weight excluding hydrogens is 354 g/mol. The van der Waals surface area contributed by atoms with Crippen molar-refractivity contribution in [2.75, 3.05) is 5.32 Å². The number of likely N-dealkylation sites (tertiary alicyclic amines) is 1. The van der Waals surface area contributed by atoms with Gasteiger partial charge in [-0.25, -0.2) is 8.78 Å². The van der Waals surface area contributed by atoms with Crippen LogP contribution in [0.4, 0.5) is 14.5 Å². The molecule has 144 valence electrons. The van der Waals surface area contributed by atoms with Crippen LogP contribution in [0.15, 0.2) is 30.4 Å². The molecule has 5 nitrogen and oxygen atoms in total. The number of hydrogen-bond acceptors (Lipinski definition) is 3. The van der Waals surface area contributed by atoms with Crippen molar-refractivity contribution >= 4 is 23.4 Å². The van der Waals surface area contributed by atoms with Gasteiger partial charge in [-0.15, -0.1) is 0 Å². The Labute approximate surface area is 156 Å². The van der Waals surface area contributed by atoms with Gasteiger partial charge in [-0.3, -0.25) is 19.3 Å². The normalized spacial score (nSPS) is 22.9. The summed E-state index contributed by atoms with van der Waals surface area (Å²) in [7, 11) is 0. The number of nitrogens with zero attached hydrogens (tertiary/aromatic N) is 1. The summed E-state index contributed by atoms with van der Waals surface area (Å²) in [6, 6.07) is 1.67. The molecule has 0 bridgehead atoms. The predicted molar refractivity (Wildman–Crippen MR) is 95.4 cm³/mol. The fourth-order valence-corrected chi connectivity index (χ4v) is 3.72. The molecule has 1 aliphatic carbocycles. The van der Waals surface area contributed by atoms with Crippen LogP contribution in [0, 0.1) is 29.4 Å². The van der Waals surface area contributed by atoms with Crippen LogP contribution in [-0.4, -0.2) is 28.7 Å². The Morgan fingerprint density at radius 1 is 1.15 bits per heavy atom. The van der Waals surface area contributed by atoms with E-state index in [0.717, 1.165) is 23.1 Å². The number of fused-ring (bicyclic) bond motifs is 1. The van der Waals surface area contributed by atoms with E-state index in [4.69, 9.17) is 0 Å². The van der Waals surface area contributed by atoms with Crippen LogP contribution >= 0.6 is 0 Å². The first kappa shape index (κ1) is 19.2. The van der Waals surface area contributed by atoms with Gasteiger partial charge >= 0.3 is 0 Å². The van der Waals surface area contributed by atoms with E-state index >= 15 is 0 Å². The number of anilines is 1. The van der Waals surface area contributed by atoms with Crippen LogP contribution < -0.4 is 5.32 Å². The molecule has 0 radical (unpaired) electrons. The first-order valence-electron chi connectivity index (χ1n) is 9.07. The van der Waals surface area contributed by atoms with Crippen molar-refractivity contribution in [1.29, 1.82) is 0 Å². The lowest BCUT2D eigenvalue weighted by molar-refractivity contribution is -0.147. The first-order valence-corrected chi connectivity index (χ1v) is 9.07. The van der Waals surface area contributed by atoms with Crippen molar-refractivity contribution in [3.05, 3.63) is 42.0 Å². The number of amides is 3. The van der Waals surface area contributed by atoms with Crippen LogP contribution in [0.5, 0.6) is 0 Å². The maximum absolute atomic E-state index is 13.9. The number of hydrogen-bond donors (Lipinski definition) is 1. The van der Waals surface area contributed by atoms with Gasteiger partial charge in [-0.05, 0) is 37.3 Å². The van der Waals surface area contributed by atoms with Gasteiger partial charge in [-0.2, -0.15) is 0 Å². The molecule has 3 unspecified atom stereocenters. The molecule has 1 aliphatic heterocycles. The van der Waals surface area contributed by atoms with Crippen molar-refractivity contribution in [2.45, 2.75) is 39.2 Å². The van der Waals surface area contributed by atoms with Gasteiger partial charge in [-0.1, -0.05) is 26.0 Å². The lowest BCUT2D eigenvalue weighted by Crippen LogP contribution is -2.48. The van der Waals surface area contributed by atoms with E-state index in [1.54, 1.807) is 0 Å². The molecule has 1 N–H and O–H groups in total. The van der Waals surface area contributed by atoms with E-state index in [0.29, 0.717) is 12.8 Å². The topological polar surface area (TPSA) is 66.5 Å². The minimum absolute atomic E-state index is 0.0134. The molecule has 7 heteroatoms. The molecule has 1 aromatic rings. The van der Waals surface area contributed by atoms with E-state index in [9.17, 15) is 23.2 Å². The smallest absolute Gasteiger partial charge is 0.247 e. The number of carbonyl (C=O) groups is 3. The zero-order valence-electron chi connectivity index (χ0n) is 15.2. The molecule has 2 aliphatic rings. The maximum atomic E-state index is 13.9. The minimum atomic E-state index is -1.06. The Balaban J connectivity index is 1.87. The van der Waals surface area contributed by atoms with Gasteiger partial charge in [0.2, 0.25) is 17.7 Å². The third-order valence-corrected chi connectivity index (χ3v) is 5.04. The molecule has 1 aromatic carbocycles. The highest BCUT2D eigenvalue weighted by Crippen LogP contribution is 2.37. The van der Waals surface area contributed by atoms with Gasteiger partial charge in [0.1, 0.15) is 17.7 Å². The zero-order chi connectivity index (χ0) is 19.7. The molecule has 27 heavy (non-hydrogen) atoms. The SMILES string of the molecule is CC(C)CC(C(=O)Nc1cc(F)ccc1F)N1C(=O)C2CC=CCC2C1=O. The van der Waals surface area contributed by atoms with Crippen LogP contribution in [0.2, 0.25) is 0 Å². The molecule has 3 atom stereocenters. The minimum Gasteiger partial charge on any atom is -0.322 e. The Morgan fingerprint density at radius 2 is 1.74 bits per heavy atom. The number of benzene rings is 1. The summed E-state index contributed by atoms with van der Waals surface area (Å²) in [6.07, 6.45) is 4.93. The Bertz CT molecular complexity index is 780. The summed E-state index contributed by atoms with van der Waals surface area (Å²) in [6.45, 7) is 3.73. The highest BCUT2D eigenvalue weighted by molar-refractivity contribution is 6.10. The van der Waals surface area contributed by atoms with Crippen LogP contribution in [0.25, 0.3) is 0 Å². The second-order valence-corrected chi connectivity index (χ2v) is 7.46. The quantitative estimate of drug-likeness (QED) is 0.634. The predicted octanol–water partition coefficient (Wildman–Crippen LogP) is 3.27. The average molecular weight is 376 g/mol. The highest BCUT2D eigenvalue weighted by Gasteiger charge is 2.51. The standard InChI is InChI=1S/C20H22F2N2O3/c1-11(2)9-17(18(25)23-16-10-12(21)7-8-15(16)22)24-19(26)13-5-3-4-6-14(13)20(24)27/h3-4,7-8,10-11,13-14,17H,5-6,9H2,1-2H3,(H,23,25). The maximum Gasteiger partial charge on any atom is 0.247 e. The van der Waals surface area contributed by atoms with Crippen LogP contribution in [0.1, 0.15) is 33.1 Å². The van der Waals surface area contributed by atoms with Crippen molar-refractivity contribution < 1.29 is 23.2 Å². The summed E-state index contributed by atoms with van der Waals surface area (Å²) in [5, 5.41) is 2.34. The third kappa shape index (κ3) is 3.77. The van der Waals surface area contributed by atoms with E-state index in [-0.39, 0.29) is 29.8 Å². The molecule has 0 saturated carbocycles. The average Bonchev–Trinajstić information content (AvgIpc) is 2.87. The van der Waals surface area contributed by atoms with Crippen LogP contribution in [0.3, 0.4) is 0 Å². The van der Waals surface area contributed by atoms with E-state index in [1.807, 2.05) is 26.0 Å². The first-order chi connectivity index (χ1) is 12.8. The Morgan fingerprint density at radius 3 is 2.30 bits per heavy atom. The van der Waals surface area contributed by atoms with Crippen molar-refractivity contribution in [3.63, 3.8) is 0 Å². The van der Waals surface area contributed by atoms with Crippen molar-refractivity contribution in [2.24, 2.45) is 17.8 Å². The van der Waals surface area contributed by atoms with Crippen molar-refractivity contribution in [3.8, 4) is 0 Å². The fraction of sp³-hybridized carbons (Fsp3) is 0.450. The lowest BCUT2D eigenvalue weighted by atomic mass is 9.85. The summed E-state index contributed by atoms with van der Waals surface area (Å²) in [5.74, 6) is -3.79. The van der Waals surface area contributed by atoms with Gasteiger partial charge < -0.3 is 5.32 Å². The number of imide groups is 1. The largest absolute Gasteiger partial charge is 0.322 e. The molecule has 1 heterocycles. The van der Waals surface area contributed by atoms with E-state index in [1.165, 1.54) is 0 Å². The van der Waals surface area contributed by atoms with E-state index in [2.05, 4.69) is 5.32 Å². The van der Waals surface area contributed by atoms with E-state index < -0.39 is 35.4 Å². The number of rotatable bonds is 5. The Hall–Kier alpha value is -2.57. The summed E-state index contributed by atoms with van der Waals surface area (Å²) in [4.78, 5) is 39.5. The van der Waals surface area contributed by atoms with Gasteiger partial charge in [0.05, 0.1) is 17.5 Å². The number of allylic oxidation sites excluding steroid dienone is 2. The van der Waals surface area contributed by atoms with Gasteiger partial charge in [0, 0.05) is 6.07 Å². The fourth-order valence-electron chi connectivity index (χ4n) is 3.72. The number of nitrogens with one attached hydrogen (secondary N) is 1.